The van der Waals surface area contributed by atoms with Gasteiger partial charge in [-0.1, -0.05) is 31.0 Å². The van der Waals surface area contributed by atoms with Crippen LogP contribution in [0, 0.1) is 11.3 Å². The van der Waals surface area contributed by atoms with E-state index >= 15 is 0 Å². The van der Waals surface area contributed by atoms with Crippen molar-refractivity contribution in [1.82, 2.24) is 14.7 Å². The van der Waals surface area contributed by atoms with Crippen LogP contribution in [0.2, 0.25) is 0 Å². The molecule has 1 aliphatic rings. The number of nitrogens with zero attached hydrogens (tertiary/aromatic N) is 4. The van der Waals surface area contributed by atoms with Crippen LogP contribution in [0.1, 0.15) is 37.3 Å². The molecule has 0 spiro atoms. The van der Waals surface area contributed by atoms with E-state index in [4.69, 9.17) is 0 Å². The van der Waals surface area contributed by atoms with Crippen LogP contribution in [0.5, 0.6) is 0 Å². The number of hydrogen-bond acceptors (Lipinski definition) is 3. The van der Waals surface area contributed by atoms with Gasteiger partial charge >= 0.3 is 0 Å². The van der Waals surface area contributed by atoms with Gasteiger partial charge in [-0.15, -0.1) is 0 Å². The number of rotatable bonds is 3. The van der Waals surface area contributed by atoms with Crippen molar-refractivity contribution in [3.63, 3.8) is 0 Å². The topological polar surface area (TPSA) is 44.9 Å². The first-order chi connectivity index (χ1) is 10.4. The van der Waals surface area contributed by atoms with Gasteiger partial charge in [0.1, 0.15) is 6.04 Å². The van der Waals surface area contributed by atoms with Crippen LogP contribution in [0.25, 0.3) is 5.69 Å². The van der Waals surface area contributed by atoms with Crippen molar-refractivity contribution in [3.05, 3.63) is 48.3 Å². The fraction of sp³-hybridized carbons (Fsp3) is 0.412. The van der Waals surface area contributed by atoms with Gasteiger partial charge in [-0.25, -0.2) is 4.68 Å². The molecule has 3 rings (SSSR count). The number of benzene rings is 1. The number of nitriles is 1. The third kappa shape index (κ3) is 3.14. The molecule has 1 fully saturated rings. The second-order valence-corrected chi connectivity index (χ2v) is 5.54. The lowest BCUT2D eigenvalue weighted by molar-refractivity contribution is 0.246. The highest BCUT2D eigenvalue weighted by Crippen LogP contribution is 2.24. The fourth-order valence-electron chi connectivity index (χ4n) is 2.92. The first kappa shape index (κ1) is 13.8. The Morgan fingerprint density at radius 2 is 1.76 bits per heavy atom. The van der Waals surface area contributed by atoms with Crippen molar-refractivity contribution in [3.8, 4) is 11.8 Å². The number of aromatic nitrogens is 2. The second-order valence-electron chi connectivity index (χ2n) is 5.54. The lowest BCUT2D eigenvalue weighted by Gasteiger charge is -2.24. The molecule has 0 aliphatic carbocycles. The Balaban J connectivity index is 1.82. The van der Waals surface area contributed by atoms with Crippen molar-refractivity contribution in [2.45, 2.75) is 31.7 Å². The zero-order chi connectivity index (χ0) is 14.5. The van der Waals surface area contributed by atoms with Gasteiger partial charge in [-0.3, -0.25) is 4.90 Å². The van der Waals surface area contributed by atoms with Crippen LogP contribution in [-0.2, 0) is 0 Å². The molecular formula is C17H20N4. The first-order valence-electron chi connectivity index (χ1n) is 7.62. The van der Waals surface area contributed by atoms with Crippen LogP contribution in [0.4, 0.5) is 0 Å². The predicted octanol–water partition coefficient (Wildman–Crippen LogP) is 3.31. The van der Waals surface area contributed by atoms with Crippen molar-refractivity contribution in [2.24, 2.45) is 0 Å². The molecule has 108 valence electrons. The van der Waals surface area contributed by atoms with Crippen LogP contribution in [-0.4, -0.2) is 27.8 Å². The van der Waals surface area contributed by atoms with Gasteiger partial charge in [0.2, 0.25) is 0 Å². The van der Waals surface area contributed by atoms with Crippen molar-refractivity contribution < 1.29 is 0 Å². The van der Waals surface area contributed by atoms with Gasteiger partial charge in [0, 0.05) is 11.8 Å². The Bertz CT molecular complexity index is 603. The standard InChI is InChI=1S/C17H20N4/c18-12-17(20-10-6-1-2-7-11-20)15-13-19-21(14-15)16-8-4-3-5-9-16/h3-5,8-9,13-14,17H,1-2,6-7,10-11H2. The summed E-state index contributed by atoms with van der Waals surface area (Å²) < 4.78 is 1.84. The summed E-state index contributed by atoms with van der Waals surface area (Å²) in [6.07, 6.45) is 8.73. The summed E-state index contributed by atoms with van der Waals surface area (Å²) in [5.41, 5.74) is 2.01. The average molecular weight is 280 g/mol. The summed E-state index contributed by atoms with van der Waals surface area (Å²) in [4.78, 5) is 2.29. The molecule has 1 atom stereocenters. The maximum atomic E-state index is 9.57. The molecule has 1 aromatic carbocycles. The predicted molar refractivity (Wildman–Crippen MR) is 82.0 cm³/mol. The van der Waals surface area contributed by atoms with E-state index in [2.05, 4.69) is 16.1 Å². The molecule has 1 aliphatic heterocycles. The molecule has 1 unspecified atom stereocenters. The molecule has 0 amide bonds. The van der Waals surface area contributed by atoms with Gasteiger partial charge in [-0.2, -0.15) is 10.4 Å². The molecule has 4 heteroatoms. The first-order valence-corrected chi connectivity index (χ1v) is 7.62. The van der Waals surface area contributed by atoms with Gasteiger partial charge in [-0.05, 0) is 38.1 Å². The molecule has 0 bridgehead atoms. The molecule has 2 heterocycles. The van der Waals surface area contributed by atoms with Gasteiger partial charge in [0.25, 0.3) is 0 Å². The minimum atomic E-state index is -0.180. The Morgan fingerprint density at radius 3 is 2.43 bits per heavy atom. The largest absolute Gasteiger partial charge is 0.284 e. The van der Waals surface area contributed by atoms with E-state index in [1.807, 2.05) is 47.4 Å². The summed E-state index contributed by atoms with van der Waals surface area (Å²) >= 11 is 0. The quantitative estimate of drug-likeness (QED) is 0.866. The summed E-state index contributed by atoms with van der Waals surface area (Å²) in [7, 11) is 0. The lowest BCUT2D eigenvalue weighted by Crippen LogP contribution is -2.28. The van der Waals surface area contributed by atoms with Crippen molar-refractivity contribution in [2.75, 3.05) is 13.1 Å². The smallest absolute Gasteiger partial charge is 0.126 e. The molecule has 4 nitrogen and oxygen atoms in total. The summed E-state index contributed by atoms with van der Waals surface area (Å²) in [6.45, 7) is 2.02. The van der Waals surface area contributed by atoms with Crippen LogP contribution >= 0.6 is 0 Å². The molecule has 2 aromatic rings. The Kier molecular flexibility index (Phi) is 4.32. The van der Waals surface area contributed by atoms with E-state index in [9.17, 15) is 5.26 Å². The van der Waals surface area contributed by atoms with Crippen molar-refractivity contribution >= 4 is 0 Å². The second kappa shape index (κ2) is 6.55. The Morgan fingerprint density at radius 1 is 1.05 bits per heavy atom. The number of para-hydroxylation sites is 1. The molecule has 0 saturated carbocycles. The average Bonchev–Trinajstić information content (AvgIpc) is 2.86. The Hall–Kier alpha value is -2.12. The molecule has 0 radical (unpaired) electrons. The number of likely N-dealkylation sites (tertiary alicyclic amines) is 1. The molecule has 1 saturated heterocycles. The highest BCUT2D eigenvalue weighted by Gasteiger charge is 2.22. The minimum absolute atomic E-state index is 0.180. The SMILES string of the molecule is N#CC(c1cnn(-c2ccccc2)c1)N1CCCCCC1. The van der Waals surface area contributed by atoms with Crippen LogP contribution in [0.3, 0.4) is 0 Å². The zero-order valence-corrected chi connectivity index (χ0v) is 12.2. The molecule has 1 aromatic heterocycles. The van der Waals surface area contributed by atoms with E-state index in [-0.39, 0.29) is 6.04 Å². The van der Waals surface area contributed by atoms with E-state index in [1.165, 1.54) is 25.7 Å². The molecular weight excluding hydrogens is 260 g/mol. The van der Waals surface area contributed by atoms with E-state index in [0.717, 1.165) is 24.3 Å². The van der Waals surface area contributed by atoms with Gasteiger partial charge in [0.15, 0.2) is 0 Å². The van der Waals surface area contributed by atoms with E-state index in [0.29, 0.717) is 0 Å². The minimum Gasteiger partial charge on any atom is -0.284 e. The van der Waals surface area contributed by atoms with Crippen molar-refractivity contribution in [1.29, 1.82) is 5.26 Å². The molecule has 0 N–H and O–H groups in total. The lowest BCUT2D eigenvalue weighted by atomic mass is 10.1. The summed E-state index contributed by atoms with van der Waals surface area (Å²) in [6, 6.07) is 12.3. The fourth-order valence-corrected chi connectivity index (χ4v) is 2.92. The van der Waals surface area contributed by atoms with E-state index < -0.39 is 0 Å². The van der Waals surface area contributed by atoms with Crippen LogP contribution in [0.15, 0.2) is 42.7 Å². The Labute approximate surface area is 125 Å². The van der Waals surface area contributed by atoms with Gasteiger partial charge in [0.05, 0.1) is 18.0 Å². The maximum Gasteiger partial charge on any atom is 0.126 e. The van der Waals surface area contributed by atoms with Crippen LogP contribution < -0.4 is 0 Å². The highest BCUT2D eigenvalue weighted by molar-refractivity contribution is 5.32. The monoisotopic (exact) mass is 280 g/mol. The third-order valence-electron chi connectivity index (χ3n) is 4.07. The highest BCUT2D eigenvalue weighted by atomic mass is 15.3. The maximum absolute atomic E-state index is 9.57. The number of hydrogen-bond donors (Lipinski definition) is 0. The summed E-state index contributed by atoms with van der Waals surface area (Å²) in [5.74, 6) is 0. The summed E-state index contributed by atoms with van der Waals surface area (Å²) in [5, 5.41) is 14.0. The molecule has 21 heavy (non-hydrogen) atoms. The van der Waals surface area contributed by atoms with E-state index in [1.54, 1.807) is 0 Å². The van der Waals surface area contributed by atoms with Gasteiger partial charge < -0.3 is 0 Å². The normalized spacial score (nSPS) is 17.9. The zero-order valence-electron chi connectivity index (χ0n) is 12.2. The third-order valence-corrected chi connectivity index (χ3v) is 4.07.